The van der Waals surface area contributed by atoms with Crippen LogP contribution in [-0.4, -0.2) is 41.5 Å². The standard InChI is InChI=1S/C23H22N4O5S2/c1-14(28)24-17-4-3-5-18(10-17)26-21(30)13-34-23-27-19(12-33-23)11-20(29)25-16-8-6-15(7-9-16)22(31)32-2/h3-10,12H,11,13H2,1-2H3,(H,24,28)(H,25,29)(H,26,30). The number of carbonyl (C=O) groups excluding carboxylic acids is 4. The van der Waals surface area contributed by atoms with Crippen molar-refractivity contribution in [2.24, 2.45) is 0 Å². The Morgan fingerprint density at radius 3 is 2.29 bits per heavy atom. The molecular formula is C23H22N4O5S2. The highest BCUT2D eigenvalue weighted by Crippen LogP contribution is 2.24. The van der Waals surface area contributed by atoms with Gasteiger partial charge in [0.1, 0.15) is 0 Å². The molecule has 3 amide bonds. The summed E-state index contributed by atoms with van der Waals surface area (Å²) in [5, 5.41) is 9.97. The SMILES string of the molecule is COC(=O)c1ccc(NC(=O)Cc2csc(SCC(=O)Nc3cccc(NC(C)=O)c3)n2)cc1. The molecule has 11 heteroatoms. The number of anilines is 3. The van der Waals surface area contributed by atoms with Crippen LogP contribution in [0.1, 0.15) is 23.0 Å². The highest BCUT2D eigenvalue weighted by Gasteiger charge is 2.12. The zero-order valence-electron chi connectivity index (χ0n) is 18.4. The van der Waals surface area contributed by atoms with Gasteiger partial charge < -0.3 is 20.7 Å². The summed E-state index contributed by atoms with van der Waals surface area (Å²) in [5.74, 6) is -0.948. The number of methoxy groups -OCH3 is 1. The highest BCUT2D eigenvalue weighted by molar-refractivity contribution is 8.01. The summed E-state index contributed by atoms with van der Waals surface area (Å²) in [7, 11) is 1.30. The normalized spacial score (nSPS) is 10.3. The number of hydrogen-bond acceptors (Lipinski definition) is 8. The monoisotopic (exact) mass is 498 g/mol. The van der Waals surface area contributed by atoms with E-state index in [1.807, 2.05) is 0 Å². The van der Waals surface area contributed by atoms with E-state index in [2.05, 4.69) is 25.7 Å². The summed E-state index contributed by atoms with van der Waals surface area (Å²) in [4.78, 5) is 51.6. The quantitative estimate of drug-likeness (QED) is 0.303. The lowest BCUT2D eigenvalue weighted by atomic mass is 10.2. The summed E-state index contributed by atoms with van der Waals surface area (Å²) in [6.45, 7) is 1.41. The number of benzene rings is 2. The van der Waals surface area contributed by atoms with Gasteiger partial charge in [-0.1, -0.05) is 17.8 Å². The number of carbonyl (C=O) groups is 4. The fourth-order valence-corrected chi connectivity index (χ4v) is 4.46. The lowest BCUT2D eigenvalue weighted by Crippen LogP contribution is -2.15. The second kappa shape index (κ2) is 12.0. The Morgan fingerprint density at radius 1 is 0.941 bits per heavy atom. The van der Waals surface area contributed by atoms with Crippen molar-refractivity contribution in [2.45, 2.75) is 17.7 Å². The molecule has 0 aliphatic carbocycles. The van der Waals surface area contributed by atoms with Gasteiger partial charge in [0.2, 0.25) is 17.7 Å². The van der Waals surface area contributed by atoms with Crippen LogP contribution in [0.25, 0.3) is 0 Å². The van der Waals surface area contributed by atoms with Crippen LogP contribution < -0.4 is 16.0 Å². The van der Waals surface area contributed by atoms with Gasteiger partial charge in [-0.25, -0.2) is 9.78 Å². The molecule has 0 aliphatic rings. The van der Waals surface area contributed by atoms with E-state index in [0.717, 1.165) is 0 Å². The van der Waals surface area contributed by atoms with E-state index in [1.54, 1.807) is 53.9 Å². The lowest BCUT2D eigenvalue weighted by Gasteiger charge is -2.07. The number of nitrogens with one attached hydrogen (secondary N) is 3. The molecule has 1 heterocycles. The number of ether oxygens (including phenoxy) is 1. The summed E-state index contributed by atoms with van der Waals surface area (Å²) in [5.41, 5.74) is 2.72. The molecule has 3 N–H and O–H groups in total. The number of nitrogens with zero attached hydrogens (tertiary/aromatic N) is 1. The first kappa shape index (κ1) is 24.9. The van der Waals surface area contributed by atoms with Crippen molar-refractivity contribution in [1.29, 1.82) is 0 Å². The van der Waals surface area contributed by atoms with E-state index < -0.39 is 5.97 Å². The molecule has 0 atom stereocenters. The van der Waals surface area contributed by atoms with Crippen molar-refractivity contribution in [3.05, 3.63) is 65.2 Å². The zero-order valence-corrected chi connectivity index (χ0v) is 20.0. The number of thioether (sulfide) groups is 1. The summed E-state index contributed by atoms with van der Waals surface area (Å²) >= 11 is 2.63. The first-order chi connectivity index (χ1) is 16.3. The van der Waals surface area contributed by atoms with Gasteiger partial charge in [-0.05, 0) is 42.5 Å². The lowest BCUT2D eigenvalue weighted by molar-refractivity contribution is -0.116. The number of amides is 3. The Kier molecular flexibility index (Phi) is 8.77. The van der Waals surface area contributed by atoms with Gasteiger partial charge in [-0.15, -0.1) is 11.3 Å². The molecular weight excluding hydrogens is 476 g/mol. The Balaban J connectivity index is 1.46. The van der Waals surface area contributed by atoms with Crippen molar-refractivity contribution in [1.82, 2.24) is 4.98 Å². The predicted octanol–water partition coefficient (Wildman–Crippen LogP) is 3.80. The third kappa shape index (κ3) is 7.71. The van der Waals surface area contributed by atoms with Gasteiger partial charge in [-0.3, -0.25) is 14.4 Å². The molecule has 0 saturated carbocycles. The number of hydrogen-bond donors (Lipinski definition) is 3. The Morgan fingerprint density at radius 2 is 1.62 bits per heavy atom. The zero-order chi connectivity index (χ0) is 24.5. The van der Waals surface area contributed by atoms with Gasteiger partial charge in [0.25, 0.3) is 0 Å². The number of esters is 1. The third-order valence-electron chi connectivity index (χ3n) is 4.26. The van der Waals surface area contributed by atoms with Gasteiger partial charge in [-0.2, -0.15) is 0 Å². The van der Waals surface area contributed by atoms with Crippen LogP contribution in [0.5, 0.6) is 0 Å². The molecule has 176 valence electrons. The Bertz CT molecular complexity index is 1190. The molecule has 34 heavy (non-hydrogen) atoms. The van der Waals surface area contributed by atoms with Crippen molar-refractivity contribution >= 4 is 63.9 Å². The van der Waals surface area contributed by atoms with Crippen LogP contribution in [0.15, 0.2) is 58.3 Å². The molecule has 0 saturated heterocycles. The summed E-state index contributed by atoms with van der Waals surface area (Å²) in [6, 6.07) is 13.3. The van der Waals surface area contributed by atoms with Crippen LogP contribution in [0.2, 0.25) is 0 Å². The van der Waals surface area contributed by atoms with Gasteiger partial charge in [0.05, 0.1) is 30.5 Å². The van der Waals surface area contributed by atoms with E-state index in [4.69, 9.17) is 0 Å². The van der Waals surface area contributed by atoms with E-state index in [1.165, 1.54) is 37.1 Å². The number of aromatic nitrogens is 1. The average Bonchev–Trinajstić information content (AvgIpc) is 3.24. The third-order valence-corrected chi connectivity index (χ3v) is 6.33. The average molecular weight is 499 g/mol. The van der Waals surface area contributed by atoms with Gasteiger partial charge >= 0.3 is 5.97 Å². The first-order valence-corrected chi connectivity index (χ1v) is 11.9. The number of rotatable bonds is 9. The van der Waals surface area contributed by atoms with E-state index in [0.29, 0.717) is 32.7 Å². The molecule has 0 fully saturated rings. The second-order valence-corrected chi connectivity index (χ2v) is 9.08. The van der Waals surface area contributed by atoms with Crippen LogP contribution in [-0.2, 0) is 25.5 Å². The molecule has 0 unspecified atom stereocenters. The summed E-state index contributed by atoms with van der Waals surface area (Å²) < 4.78 is 5.32. The summed E-state index contributed by atoms with van der Waals surface area (Å²) in [6.07, 6.45) is 0.0813. The van der Waals surface area contributed by atoms with Crippen LogP contribution >= 0.6 is 23.1 Å². The van der Waals surface area contributed by atoms with Crippen molar-refractivity contribution in [2.75, 3.05) is 28.8 Å². The maximum atomic E-state index is 12.3. The molecule has 2 aromatic carbocycles. The largest absolute Gasteiger partial charge is 0.465 e. The maximum absolute atomic E-state index is 12.3. The Labute approximate surface area is 204 Å². The topological polar surface area (TPSA) is 126 Å². The first-order valence-electron chi connectivity index (χ1n) is 10.1. The number of thiazole rings is 1. The smallest absolute Gasteiger partial charge is 0.337 e. The molecule has 0 spiro atoms. The van der Waals surface area contributed by atoms with Crippen molar-refractivity contribution in [3.8, 4) is 0 Å². The molecule has 3 rings (SSSR count). The van der Waals surface area contributed by atoms with Crippen LogP contribution in [0.4, 0.5) is 17.1 Å². The second-order valence-electron chi connectivity index (χ2n) is 7.00. The minimum absolute atomic E-state index is 0.0813. The molecule has 1 aromatic heterocycles. The fourth-order valence-electron chi connectivity index (χ4n) is 2.82. The molecule has 0 radical (unpaired) electrons. The fraction of sp³-hybridized carbons (Fsp3) is 0.174. The van der Waals surface area contributed by atoms with Gasteiger partial charge in [0.15, 0.2) is 4.34 Å². The molecule has 3 aromatic rings. The highest BCUT2D eigenvalue weighted by atomic mass is 32.2. The van der Waals surface area contributed by atoms with Crippen molar-refractivity contribution in [3.63, 3.8) is 0 Å². The molecule has 9 nitrogen and oxygen atoms in total. The Hall–Kier alpha value is -3.70. The molecule has 0 bridgehead atoms. The van der Waals surface area contributed by atoms with Crippen LogP contribution in [0.3, 0.4) is 0 Å². The molecule has 0 aliphatic heterocycles. The van der Waals surface area contributed by atoms with E-state index >= 15 is 0 Å². The minimum atomic E-state index is -0.447. The van der Waals surface area contributed by atoms with E-state index in [-0.39, 0.29) is 29.9 Å². The van der Waals surface area contributed by atoms with Gasteiger partial charge in [0, 0.05) is 29.4 Å². The predicted molar refractivity (Wildman–Crippen MR) is 132 cm³/mol. The minimum Gasteiger partial charge on any atom is -0.465 e. The van der Waals surface area contributed by atoms with Crippen LogP contribution in [0, 0.1) is 0 Å². The van der Waals surface area contributed by atoms with E-state index in [9.17, 15) is 19.2 Å². The maximum Gasteiger partial charge on any atom is 0.337 e. The van der Waals surface area contributed by atoms with Crippen molar-refractivity contribution < 1.29 is 23.9 Å².